The van der Waals surface area contributed by atoms with Crippen molar-refractivity contribution in [3.8, 4) is 11.5 Å². The molecule has 3 N–H and O–H groups in total. The van der Waals surface area contributed by atoms with Gasteiger partial charge in [-0.2, -0.15) is 0 Å². The van der Waals surface area contributed by atoms with Crippen LogP contribution in [0.2, 0.25) is 10.0 Å². The minimum absolute atomic E-state index is 0.00636. The van der Waals surface area contributed by atoms with Crippen molar-refractivity contribution in [1.82, 2.24) is 9.97 Å². The van der Waals surface area contributed by atoms with Gasteiger partial charge in [0.05, 0.1) is 22.9 Å². The Morgan fingerprint density at radius 1 is 1.15 bits per heavy atom. The summed E-state index contributed by atoms with van der Waals surface area (Å²) < 4.78 is 26.1. The molecule has 4 rings (SSSR count). The molecule has 0 saturated carbocycles. The maximum Gasteiger partial charge on any atom is 0.166 e. The second kappa shape index (κ2) is 9.27. The highest BCUT2D eigenvalue weighted by atomic mass is 35.5. The van der Waals surface area contributed by atoms with Crippen molar-refractivity contribution in [2.45, 2.75) is 20.5 Å². The number of hydrogen-bond donors (Lipinski definition) is 2. The van der Waals surface area contributed by atoms with E-state index in [1.807, 2.05) is 4.90 Å². The van der Waals surface area contributed by atoms with Crippen LogP contribution in [-0.2, 0) is 6.61 Å². The van der Waals surface area contributed by atoms with Crippen LogP contribution in [0.15, 0.2) is 36.8 Å². The fourth-order valence-corrected chi connectivity index (χ4v) is 4.36. The van der Waals surface area contributed by atoms with Crippen molar-refractivity contribution in [1.29, 1.82) is 5.41 Å². The molecule has 1 aromatic carbocycles. The summed E-state index contributed by atoms with van der Waals surface area (Å²) in [6.45, 7) is 5.74. The van der Waals surface area contributed by atoms with Gasteiger partial charge in [-0.25, -0.2) is 9.37 Å². The SMILES string of the molecule is COc1cc(N)c(C(=N)c2cnc(N3CC(C)(C)C3)c(F)c2)cc1OCc1c(Cl)cncc1Cl. The van der Waals surface area contributed by atoms with Gasteiger partial charge in [-0.3, -0.25) is 10.4 Å². The van der Waals surface area contributed by atoms with Crippen LogP contribution in [-0.4, -0.2) is 35.9 Å². The van der Waals surface area contributed by atoms with E-state index >= 15 is 0 Å². The van der Waals surface area contributed by atoms with E-state index in [0.717, 1.165) is 13.1 Å². The molecule has 0 aliphatic carbocycles. The van der Waals surface area contributed by atoms with Crippen molar-refractivity contribution in [2.75, 3.05) is 30.8 Å². The lowest BCUT2D eigenvalue weighted by molar-refractivity contribution is 0.272. The van der Waals surface area contributed by atoms with E-state index in [-0.39, 0.29) is 29.2 Å². The second-order valence-corrected chi connectivity index (χ2v) is 9.70. The van der Waals surface area contributed by atoms with E-state index in [1.165, 1.54) is 31.8 Å². The molecular weight excluding hydrogens is 480 g/mol. The van der Waals surface area contributed by atoms with Gasteiger partial charge < -0.3 is 20.1 Å². The summed E-state index contributed by atoms with van der Waals surface area (Å²) in [5.74, 6) is 0.501. The van der Waals surface area contributed by atoms with Gasteiger partial charge in [0.1, 0.15) is 6.61 Å². The number of ether oxygens (including phenoxy) is 2. The van der Waals surface area contributed by atoms with E-state index in [1.54, 1.807) is 12.1 Å². The zero-order valence-corrected chi connectivity index (χ0v) is 20.5. The van der Waals surface area contributed by atoms with Crippen LogP contribution >= 0.6 is 23.2 Å². The normalized spacial score (nSPS) is 14.5. The average Bonchev–Trinajstić information content (AvgIpc) is 2.77. The fourth-order valence-electron chi connectivity index (χ4n) is 3.88. The Hall–Kier alpha value is -3.10. The van der Waals surface area contributed by atoms with Crippen LogP contribution in [0.5, 0.6) is 11.5 Å². The molecule has 34 heavy (non-hydrogen) atoms. The monoisotopic (exact) mass is 503 g/mol. The van der Waals surface area contributed by atoms with E-state index in [4.69, 9.17) is 43.8 Å². The molecule has 0 amide bonds. The smallest absolute Gasteiger partial charge is 0.166 e. The number of hydrogen-bond acceptors (Lipinski definition) is 7. The number of nitrogens with one attached hydrogen (secondary N) is 1. The molecule has 3 heterocycles. The topological polar surface area (TPSA) is 97.4 Å². The zero-order chi connectivity index (χ0) is 24.6. The maximum absolute atomic E-state index is 14.8. The molecule has 0 atom stereocenters. The Labute approximate surface area is 207 Å². The molecule has 0 radical (unpaired) electrons. The van der Waals surface area contributed by atoms with Gasteiger partial charge in [-0.1, -0.05) is 37.0 Å². The van der Waals surface area contributed by atoms with Gasteiger partial charge in [-0.05, 0) is 17.5 Å². The standard InChI is InChI=1S/C24H24Cl2FN5O2/c1-24(2)11-32(12-24)23-18(27)4-13(7-31-23)22(29)14-5-21(20(33-3)6-19(14)28)34-10-15-16(25)8-30-9-17(15)26/h4-9,29H,10-12,28H2,1-3H3. The summed E-state index contributed by atoms with van der Waals surface area (Å²) in [5, 5.41) is 9.38. The summed E-state index contributed by atoms with van der Waals surface area (Å²) in [7, 11) is 1.48. The molecule has 7 nitrogen and oxygen atoms in total. The molecule has 0 unspecified atom stereocenters. The molecule has 3 aromatic rings. The minimum atomic E-state index is -0.483. The summed E-state index contributed by atoms with van der Waals surface area (Å²) in [5.41, 5.74) is 7.82. The Morgan fingerprint density at radius 3 is 2.41 bits per heavy atom. The first kappa shape index (κ1) is 24.0. The van der Waals surface area contributed by atoms with Crippen molar-refractivity contribution in [3.05, 3.63) is 69.3 Å². The summed E-state index contributed by atoms with van der Waals surface area (Å²) in [6, 6.07) is 4.43. The third-order valence-corrected chi connectivity index (χ3v) is 6.23. The predicted molar refractivity (Wildman–Crippen MR) is 132 cm³/mol. The van der Waals surface area contributed by atoms with Crippen LogP contribution in [0.1, 0.15) is 30.5 Å². The molecule has 1 fully saturated rings. The summed E-state index contributed by atoms with van der Waals surface area (Å²) in [6.07, 6.45) is 4.42. The van der Waals surface area contributed by atoms with Gasteiger partial charge in [0, 0.05) is 60.1 Å². The number of nitrogen functional groups attached to an aromatic ring is 1. The van der Waals surface area contributed by atoms with Gasteiger partial charge in [0.25, 0.3) is 0 Å². The summed E-state index contributed by atoms with van der Waals surface area (Å²) >= 11 is 12.4. The number of methoxy groups -OCH3 is 1. The van der Waals surface area contributed by atoms with Crippen molar-refractivity contribution in [2.24, 2.45) is 5.41 Å². The van der Waals surface area contributed by atoms with Crippen LogP contribution in [0.25, 0.3) is 0 Å². The zero-order valence-electron chi connectivity index (χ0n) is 19.0. The lowest BCUT2D eigenvalue weighted by atomic mass is 9.84. The van der Waals surface area contributed by atoms with E-state index in [9.17, 15) is 4.39 Å². The molecule has 1 saturated heterocycles. The van der Waals surface area contributed by atoms with E-state index < -0.39 is 5.82 Å². The Balaban J connectivity index is 1.60. The molecule has 10 heteroatoms. The van der Waals surface area contributed by atoms with Gasteiger partial charge >= 0.3 is 0 Å². The molecule has 0 bridgehead atoms. The quantitative estimate of drug-likeness (QED) is 0.333. The molecule has 178 valence electrons. The van der Waals surface area contributed by atoms with Gasteiger partial charge in [0.2, 0.25) is 0 Å². The largest absolute Gasteiger partial charge is 0.493 e. The number of nitrogens with zero attached hydrogens (tertiary/aromatic N) is 3. The van der Waals surface area contributed by atoms with Crippen molar-refractivity contribution >= 4 is 40.4 Å². The number of aromatic nitrogens is 2. The number of pyridine rings is 2. The molecule has 1 aliphatic heterocycles. The van der Waals surface area contributed by atoms with Crippen LogP contribution < -0.4 is 20.1 Å². The third-order valence-electron chi connectivity index (χ3n) is 5.58. The highest BCUT2D eigenvalue weighted by Gasteiger charge is 2.36. The first-order valence-corrected chi connectivity index (χ1v) is 11.2. The number of anilines is 2. The lowest BCUT2D eigenvalue weighted by Gasteiger charge is -2.46. The van der Waals surface area contributed by atoms with Gasteiger partial charge in [0.15, 0.2) is 23.1 Å². The maximum atomic E-state index is 14.8. The average molecular weight is 504 g/mol. The molecule has 2 aromatic heterocycles. The number of halogens is 3. The van der Waals surface area contributed by atoms with Crippen molar-refractivity contribution < 1.29 is 13.9 Å². The van der Waals surface area contributed by atoms with Crippen LogP contribution in [0.4, 0.5) is 15.9 Å². The van der Waals surface area contributed by atoms with Gasteiger partial charge in [-0.15, -0.1) is 0 Å². The lowest BCUT2D eigenvalue weighted by Crippen LogP contribution is -2.53. The highest BCUT2D eigenvalue weighted by Crippen LogP contribution is 2.36. The van der Waals surface area contributed by atoms with Crippen molar-refractivity contribution in [3.63, 3.8) is 0 Å². The first-order valence-electron chi connectivity index (χ1n) is 10.5. The van der Waals surface area contributed by atoms with E-state index in [2.05, 4.69) is 23.8 Å². The molecule has 0 spiro atoms. The Bertz CT molecular complexity index is 1240. The minimum Gasteiger partial charge on any atom is -0.493 e. The molecular formula is C24H24Cl2FN5O2. The van der Waals surface area contributed by atoms with Crippen LogP contribution in [0.3, 0.4) is 0 Å². The van der Waals surface area contributed by atoms with E-state index in [0.29, 0.717) is 38.2 Å². The highest BCUT2D eigenvalue weighted by molar-refractivity contribution is 6.35. The number of benzene rings is 1. The number of nitrogens with two attached hydrogens (primary N) is 1. The third kappa shape index (κ3) is 4.74. The Kier molecular flexibility index (Phi) is 6.55. The number of rotatable bonds is 7. The Morgan fingerprint density at radius 2 is 1.82 bits per heavy atom. The fraction of sp³-hybridized carbons (Fsp3) is 0.292. The molecule has 1 aliphatic rings. The second-order valence-electron chi connectivity index (χ2n) is 8.89. The first-order chi connectivity index (χ1) is 16.1. The summed E-state index contributed by atoms with van der Waals surface area (Å²) in [4.78, 5) is 10.1. The predicted octanol–water partition coefficient (Wildman–Crippen LogP) is 5.35. The van der Waals surface area contributed by atoms with Crippen LogP contribution in [0, 0.1) is 16.6 Å².